The quantitative estimate of drug-likeness (QED) is 0.837. The number of aromatic nitrogens is 2. The molecule has 2 saturated heterocycles. The van der Waals surface area contributed by atoms with E-state index in [1.54, 1.807) is 0 Å². The molecule has 22 heavy (non-hydrogen) atoms. The van der Waals surface area contributed by atoms with Crippen molar-refractivity contribution in [3.63, 3.8) is 0 Å². The van der Waals surface area contributed by atoms with E-state index in [0.717, 1.165) is 58.0 Å². The lowest BCUT2D eigenvalue weighted by Crippen LogP contribution is -2.47. The van der Waals surface area contributed by atoms with Gasteiger partial charge in [0, 0.05) is 55.9 Å². The van der Waals surface area contributed by atoms with Crippen molar-refractivity contribution in [2.24, 2.45) is 5.41 Å². The van der Waals surface area contributed by atoms with Crippen LogP contribution in [-0.4, -0.2) is 46.9 Å². The molecule has 1 atom stereocenters. The number of hydrogen-bond acceptors (Lipinski definition) is 3. The molecule has 5 heteroatoms. The molecule has 3 fully saturated rings. The van der Waals surface area contributed by atoms with E-state index in [0.29, 0.717) is 12.3 Å². The summed E-state index contributed by atoms with van der Waals surface area (Å²) in [5.74, 6) is 1.05. The van der Waals surface area contributed by atoms with Crippen LogP contribution in [0.3, 0.4) is 0 Å². The average Bonchev–Trinajstić information content (AvgIpc) is 3.09. The van der Waals surface area contributed by atoms with E-state index in [4.69, 9.17) is 4.74 Å². The molecule has 1 aromatic rings. The number of carbonyl (C=O) groups excluding carboxylic acids is 1. The number of hydrogen-bond donors (Lipinski definition) is 0. The van der Waals surface area contributed by atoms with Crippen LogP contribution in [0, 0.1) is 5.41 Å². The van der Waals surface area contributed by atoms with Crippen molar-refractivity contribution in [2.45, 2.75) is 51.0 Å². The molecule has 1 aliphatic carbocycles. The summed E-state index contributed by atoms with van der Waals surface area (Å²) in [6.07, 6.45) is 8.32. The van der Waals surface area contributed by atoms with E-state index < -0.39 is 0 Å². The van der Waals surface area contributed by atoms with Gasteiger partial charge in [-0.1, -0.05) is 0 Å². The van der Waals surface area contributed by atoms with Crippen LogP contribution in [0.5, 0.6) is 0 Å². The lowest BCUT2D eigenvalue weighted by molar-refractivity contribution is -0.137. The second kappa shape index (κ2) is 5.69. The molecule has 120 valence electrons. The highest BCUT2D eigenvalue weighted by molar-refractivity contribution is 5.77. The minimum Gasteiger partial charge on any atom is -0.381 e. The number of aryl methyl sites for hydroxylation is 1. The van der Waals surface area contributed by atoms with Gasteiger partial charge in [0.05, 0.1) is 6.61 Å². The Morgan fingerprint density at radius 2 is 2.23 bits per heavy atom. The van der Waals surface area contributed by atoms with Crippen LogP contribution < -0.4 is 0 Å². The number of likely N-dealkylation sites (tertiary alicyclic amines) is 1. The fourth-order valence-electron chi connectivity index (χ4n) is 3.94. The first-order valence-corrected chi connectivity index (χ1v) is 8.63. The molecule has 3 aliphatic rings. The third-order valence-corrected chi connectivity index (χ3v) is 5.48. The maximum Gasteiger partial charge on any atom is 0.222 e. The van der Waals surface area contributed by atoms with Crippen molar-refractivity contribution in [1.29, 1.82) is 0 Å². The summed E-state index contributed by atoms with van der Waals surface area (Å²) >= 11 is 0. The van der Waals surface area contributed by atoms with Gasteiger partial charge in [-0.05, 0) is 38.2 Å². The van der Waals surface area contributed by atoms with Crippen LogP contribution in [-0.2, 0) is 16.1 Å². The first-order valence-electron chi connectivity index (χ1n) is 8.63. The number of amides is 1. The molecule has 1 aromatic heterocycles. The monoisotopic (exact) mass is 303 g/mol. The zero-order valence-electron chi connectivity index (χ0n) is 13.2. The Morgan fingerprint density at radius 1 is 1.32 bits per heavy atom. The summed E-state index contributed by atoms with van der Waals surface area (Å²) in [6, 6.07) is 2.15. The molecule has 0 bridgehead atoms. The second-order valence-electron chi connectivity index (χ2n) is 7.22. The molecule has 1 spiro atoms. The van der Waals surface area contributed by atoms with Crippen molar-refractivity contribution in [1.82, 2.24) is 14.7 Å². The van der Waals surface area contributed by atoms with Crippen molar-refractivity contribution in [3.05, 3.63) is 18.0 Å². The van der Waals surface area contributed by atoms with Gasteiger partial charge in [-0.2, -0.15) is 5.10 Å². The first-order chi connectivity index (χ1) is 10.8. The lowest BCUT2D eigenvalue weighted by atomic mass is 9.79. The van der Waals surface area contributed by atoms with Gasteiger partial charge < -0.3 is 9.64 Å². The lowest BCUT2D eigenvalue weighted by Gasteiger charge is -2.39. The number of piperidine rings is 1. The minimum absolute atomic E-state index is 0.249. The highest BCUT2D eigenvalue weighted by Gasteiger charge is 2.41. The van der Waals surface area contributed by atoms with Gasteiger partial charge in [-0.15, -0.1) is 0 Å². The van der Waals surface area contributed by atoms with Crippen molar-refractivity contribution < 1.29 is 9.53 Å². The summed E-state index contributed by atoms with van der Waals surface area (Å²) in [5.41, 5.74) is 1.63. The third-order valence-electron chi connectivity index (χ3n) is 5.48. The molecule has 3 heterocycles. The van der Waals surface area contributed by atoms with Crippen molar-refractivity contribution in [2.75, 3.05) is 26.3 Å². The zero-order chi connectivity index (χ0) is 15.0. The number of ether oxygens (including phenoxy) is 1. The van der Waals surface area contributed by atoms with Gasteiger partial charge in [0.25, 0.3) is 0 Å². The normalized spacial score (nSPS) is 28.7. The molecule has 1 saturated carbocycles. The summed E-state index contributed by atoms with van der Waals surface area (Å²) in [5, 5.41) is 4.44. The predicted molar refractivity (Wildman–Crippen MR) is 82.5 cm³/mol. The molecular formula is C17H25N3O2. The minimum atomic E-state index is 0.249. The summed E-state index contributed by atoms with van der Waals surface area (Å²) in [6.45, 7) is 4.36. The van der Waals surface area contributed by atoms with Gasteiger partial charge in [0.1, 0.15) is 0 Å². The molecular weight excluding hydrogens is 278 g/mol. The largest absolute Gasteiger partial charge is 0.381 e. The van der Waals surface area contributed by atoms with Gasteiger partial charge in [-0.25, -0.2) is 0 Å². The Morgan fingerprint density at radius 3 is 3.00 bits per heavy atom. The molecule has 0 aromatic carbocycles. The highest BCUT2D eigenvalue weighted by atomic mass is 16.5. The predicted octanol–water partition coefficient (Wildman–Crippen LogP) is 2.18. The molecule has 2 aliphatic heterocycles. The zero-order valence-corrected chi connectivity index (χ0v) is 13.2. The Labute approximate surface area is 131 Å². The van der Waals surface area contributed by atoms with Crippen LogP contribution in [0.4, 0.5) is 0 Å². The van der Waals surface area contributed by atoms with Gasteiger partial charge in [0.2, 0.25) is 5.91 Å². The van der Waals surface area contributed by atoms with E-state index in [1.165, 1.54) is 18.5 Å². The maximum absolute atomic E-state index is 12.2. The van der Waals surface area contributed by atoms with Crippen LogP contribution in [0.15, 0.2) is 12.3 Å². The molecule has 0 unspecified atom stereocenters. The number of nitrogens with zero attached hydrogens (tertiary/aromatic N) is 3. The van der Waals surface area contributed by atoms with Crippen LogP contribution in [0.1, 0.15) is 50.1 Å². The Hall–Kier alpha value is -1.36. The summed E-state index contributed by atoms with van der Waals surface area (Å²) in [7, 11) is 0. The Kier molecular flexibility index (Phi) is 3.68. The van der Waals surface area contributed by atoms with E-state index in [9.17, 15) is 4.79 Å². The van der Waals surface area contributed by atoms with Crippen LogP contribution in [0.25, 0.3) is 0 Å². The Bertz CT molecular complexity index is 544. The van der Waals surface area contributed by atoms with Gasteiger partial charge >= 0.3 is 0 Å². The van der Waals surface area contributed by atoms with E-state index >= 15 is 0 Å². The van der Waals surface area contributed by atoms with Crippen molar-refractivity contribution in [3.8, 4) is 0 Å². The summed E-state index contributed by atoms with van der Waals surface area (Å²) < 4.78 is 7.72. The molecule has 4 rings (SSSR count). The first kappa shape index (κ1) is 14.2. The van der Waals surface area contributed by atoms with Gasteiger partial charge in [-0.3, -0.25) is 9.48 Å². The standard InChI is InChI=1S/C17H25N3O2/c21-16-4-6-17(7-11-22-13-17)12-19(16)9-1-10-20-15(5-8-18-20)14-2-3-14/h5,8,14H,1-4,6-7,9-13H2/t17-/m0/s1. The molecule has 0 N–H and O–H groups in total. The topological polar surface area (TPSA) is 47.4 Å². The van der Waals surface area contributed by atoms with Crippen LogP contribution in [0.2, 0.25) is 0 Å². The van der Waals surface area contributed by atoms with E-state index in [1.807, 2.05) is 6.20 Å². The molecule has 5 nitrogen and oxygen atoms in total. The second-order valence-corrected chi connectivity index (χ2v) is 7.22. The van der Waals surface area contributed by atoms with Crippen LogP contribution >= 0.6 is 0 Å². The number of carbonyl (C=O) groups is 1. The smallest absolute Gasteiger partial charge is 0.222 e. The molecule has 1 amide bonds. The third kappa shape index (κ3) is 2.78. The SMILES string of the molecule is O=C1CC[C@]2(CCOC2)CN1CCCn1nccc1C1CC1. The average molecular weight is 303 g/mol. The van der Waals surface area contributed by atoms with E-state index in [-0.39, 0.29) is 5.41 Å². The summed E-state index contributed by atoms with van der Waals surface area (Å²) in [4.78, 5) is 14.2. The fraction of sp³-hybridized carbons (Fsp3) is 0.765. The number of rotatable bonds is 5. The Balaban J connectivity index is 1.32. The van der Waals surface area contributed by atoms with Gasteiger partial charge in [0.15, 0.2) is 0 Å². The maximum atomic E-state index is 12.2. The van der Waals surface area contributed by atoms with E-state index in [2.05, 4.69) is 20.7 Å². The molecule has 0 radical (unpaired) electrons. The fourth-order valence-corrected chi connectivity index (χ4v) is 3.94. The highest BCUT2D eigenvalue weighted by Crippen LogP contribution is 2.40. The van der Waals surface area contributed by atoms with Crippen molar-refractivity contribution >= 4 is 5.91 Å².